The molecule has 0 aliphatic carbocycles. The van der Waals surface area contributed by atoms with E-state index in [1.807, 2.05) is 0 Å². The quantitative estimate of drug-likeness (QED) is 0.455. The van der Waals surface area contributed by atoms with E-state index < -0.39 is 35.6 Å². The van der Waals surface area contributed by atoms with E-state index in [4.69, 9.17) is 4.74 Å². The molecule has 6 amide bonds. The van der Waals surface area contributed by atoms with Gasteiger partial charge in [0, 0.05) is 25.6 Å². The van der Waals surface area contributed by atoms with E-state index in [2.05, 4.69) is 16.0 Å². The molecular weight excluding hydrogens is 380 g/mol. The summed E-state index contributed by atoms with van der Waals surface area (Å²) in [7, 11) is 1.35. The van der Waals surface area contributed by atoms with Gasteiger partial charge in [-0.3, -0.25) is 24.6 Å². The van der Waals surface area contributed by atoms with Crippen molar-refractivity contribution in [2.24, 2.45) is 0 Å². The summed E-state index contributed by atoms with van der Waals surface area (Å²) in [6.07, 6.45) is -1.25. The van der Waals surface area contributed by atoms with Gasteiger partial charge in [0.2, 0.25) is 6.10 Å². The van der Waals surface area contributed by atoms with Crippen molar-refractivity contribution in [2.75, 3.05) is 13.6 Å². The predicted molar refractivity (Wildman–Crippen MR) is 101 cm³/mol. The monoisotopic (exact) mass is 404 g/mol. The molecule has 1 aromatic rings. The molecule has 0 spiro atoms. The van der Waals surface area contributed by atoms with Gasteiger partial charge in [-0.1, -0.05) is 30.3 Å². The van der Waals surface area contributed by atoms with E-state index in [9.17, 15) is 24.0 Å². The Morgan fingerprint density at radius 3 is 2.38 bits per heavy atom. The zero-order chi connectivity index (χ0) is 21.6. The molecule has 1 aliphatic heterocycles. The van der Waals surface area contributed by atoms with Gasteiger partial charge >= 0.3 is 18.0 Å². The van der Waals surface area contributed by atoms with Crippen LogP contribution in [0.2, 0.25) is 0 Å². The van der Waals surface area contributed by atoms with Crippen LogP contribution in [0.5, 0.6) is 0 Å². The predicted octanol–water partition coefficient (Wildman–Crippen LogP) is 0.837. The average Bonchev–Trinajstić information content (AvgIpc) is 2.87. The first-order valence-corrected chi connectivity index (χ1v) is 9.07. The highest BCUT2D eigenvalue weighted by molar-refractivity contribution is 6.06. The summed E-state index contributed by atoms with van der Waals surface area (Å²) < 4.78 is 5.27. The average molecular weight is 404 g/mol. The Bertz CT molecular complexity index is 808. The number of nitrogens with one attached hydrogen (secondary N) is 3. The van der Waals surface area contributed by atoms with Gasteiger partial charge in [-0.25, -0.2) is 9.59 Å². The van der Waals surface area contributed by atoms with Crippen molar-refractivity contribution < 1.29 is 28.7 Å². The van der Waals surface area contributed by atoms with Crippen molar-refractivity contribution in [1.29, 1.82) is 0 Å². The number of rotatable bonds is 7. The number of ether oxygens (including phenoxy) is 1. The van der Waals surface area contributed by atoms with E-state index in [0.29, 0.717) is 5.56 Å². The molecule has 1 aromatic carbocycles. The summed E-state index contributed by atoms with van der Waals surface area (Å²) >= 11 is 0. The van der Waals surface area contributed by atoms with Crippen LogP contribution in [0, 0.1) is 0 Å². The van der Waals surface area contributed by atoms with Gasteiger partial charge in [-0.15, -0.1) is 0 Å². The number of urea groups is 2. The number of hydrogen-bond acceptors (Lipinski definition) is 6. The second kappa shape index (κ2) is 9.18. The lowest BCUT2D eigenvalue weighted by Crippen LogP contribution is -2.41. The first kappa shape index (κ1) is 21.9. The molecule has 10 nitrogen and oxygen atoms in total. The van der Waals surface area contributed by atoms with Gasteiger partial charge in [0.1, 0.15) is 5.54 Å². The molecule has 0 unspecified atom stereocenters. The van der Waals surface area contributed by atoms with Crippen LogP contribution in [0.15, 0.2) is 30.3 Å². The largest absolute Gasteiger partial charge is 0.447 e. The summed E-state index contributed by atoms with van der Waals surface area (Å²) in [6.45, 7) is 3.23. The van der Waals surface area contributed by atoms with Gasteiger partial charge in [0.25, 0.3) is 11.8 Å². The number of benzene rings is 1. The highest BCUT2D eigenvalue weighted by atomic mass is 16.5. The van der Waals surface area contributed by atoms with Crippen LogP contribution in [-0.2, 0) is 19.1 Å². The fourth-order valence-corrected chi connectivity index (χ4v) is 2.73. The molecule has 10 heteroatoms. The fourth-order valence-electron chi connectivity index (χ4n) is 2.73. The molecule has 29 heavy (non-hydrogen) atoms. The molecule has 1 fully saturated rings. The topological polar surface area (TPSA) is 134 Å². The summed E-state index contributed by atoms with van der Waals surface area (Å²) in [5.41, 5.74) is -0.577. The lowest BCUT2D eigenvalue weighted by Gasteiger charge is -2.18. The van der Waals surface area contributed by atoms with Crippen LogP contribution in [0.1, 0.15) is 38.4 Å². The van der Waals surface area contributed by atoms with Crippen molar-refractivity contribution in [3.63, 3.8) is 0 Å². The molecule has 0 aromatic heterocycles. The molecule has 1 aliphatic rings. The summed E-state index contributed by atoms with van der Waals surface area (Å²) in [6, 6.07) is 7.02. The van der Waals surface area contributed by atoms with Gasteiger partial charge in [0.15, 0.2) is 0 Å². The van der Waals surface area contributed by atoms with Gasteiger partial charge in [0.05, 0.1) is 0 Å². The Kier molecular flexibility index (Phi) is 6.92. The van der Waals surface area contributed by atoms with E-state index in [1.165, 1.54) is 7.05 Å². The number of imide groups is 2. The lowest BCUT2D eigenvalue weighted by atomic mass is 10.1. The van der Waals surface area contributed by atoms with Crippen LogP contribution in [0.25, 0.3) is 0 Å². The maximum atomic E-state index is 12.3. The van der Waals surface area contributed by atoms with Gasteiger partial charge < -0.3 is 15.4 Å². The third kappa shape index (κ3) is 5.53. The highest BCUT2D eigenvalue weighted by Gasteiger charge is 2.43. The normalized spacial score (nSPS) is 16.0. The minimum Gasteiger partial charge on any atom is -0.447 e. The number of esters is 1. The molecule has 3 N–H and O–H groups in total. The number of amides is 6. The smallest absolute Gasteiger partial charge is 0.325 e. The maximum absolute atomic E-state index is 12.3. The summed E-state index contributed by atoms with van der Waals surface area (Å²) in [5, 5.41) is 6.89. The third-order valence-corrected chi connectivity index (χ3v) is 4.26. The zero-order valence-corrected chi connectivity index (χ0v) is 16.5. The molecular formula is C19H24N4O6. The van der Waals surface area contributed by atoms with Crippen LogP contribution in [0.3, 0.4) is 0 Å². The Balaban J connectivity index is 1.96. The number of carbonyl (C=O) groups is 5. The van der Waals surface area contributed by atoms with E-state index >= 15 is 0 Å². The van der Waals surface area contributed by atoms with Crippen molar-refractivity contribution in [3.05, 3.63) is 35.9 Å². The Hall–Kier alpha value is -3.43. The second-order valence-corrected chi connectivity index (χ2v) is 6.96. The maximum Gasteiger partial charge on any atom is 0.325 e. The molecule has 1 saturated heterocycles. The molecule has 0 saturated carbocycles. The second-order valence-electron chi connectivity index (χ2n) is 6.96. The number of carbonyl (C=O) groups excluding carboxylic acids is 5. The van der Waals surface area contributed by atoms with Crippen LogP contribution >= 0.6 is 0 Å². The van der Waals surface area contributed by atoms with Crippen molar-refractivity contribution in [2.45, 2.75) is 38.3 Å². The SMILES string of the molecule is CNC(=O)NC(=O)[C@H](OC(=O)CCCN1C(=O)NC(C)(C)C1=O)c1ccccc1. The van der Waals surface area contributed by atoms with E-state index in [1.54, 1.807) is 44.2 Å². The number of nitrogens with zero attached hydrogens (tertiary/aromatic N) is 1. The number of hydrogen-bond donors (Lipinski definition) is 3. The molecule has 2 rings (SSSR count). The third-order valence-electron chi connectivity index (χ3n) is 4.26. The van der Waals surface area contributed by atoms with Crippen LogP contribution < -0.4 is 16.0 Å². The van der Waals surface area contributed by atoms with Crippen LogP contribution in [0.4, 0.5) is 9.59 Å². The van der Waals surface area contributed by atoms with Crippen LogP contribution in [-0.4, -0.2) is 53.9 Å². The molecule has 156 valence electrons. The van der Waals surface area contributed by atoms with Crippen molar-refractivity contribution in [3.8, 4) is 0 Å². The van der Waals surface area contributed by atoms with Crippen molar-refractivity contribution >= 4 is 29.8 Å². The first-order valence-electron chi connectivity index (χ1n) is 9.07. The summed E-state index contributed by atoms with van der Waals surface area (Å²) in [4.78, 5) is 61.0. The molecule has 0 bridgehead atoms. The molecule has 1 heterocycles. The lowest BCUT2D eigenvalue weighted by molar-refractivity contribution is -0.156. The first-order chi connectivity index (χ1) is 13.7. The van der Waals surface area contributed by atoms with Crippen molar-refractivity contribution in [1.82, 2.24) is 20.9 Å². The fraction of sp³-hybridized carbons (Fsp3) is 0.421. The highest BCUT2D eigenvalue weighted by Crippen LogP contribution is 2.20. The Labute approximate surface area is 168 Å². The zero-order valence-electron chi connectivity index (χ0n) is 16.5. The molecule has 0 radical (unpaired) electrons. The Morgan fingerprint density at radius 2 is 1.83 bits per heavy atom. The standard InChI is InChI=1S/C19H24N4O6/c1-19(2)16(26)23(18(28)22-19)11-7-10-13(24)29-14(12-8-5-4-6-9-12)15(25)21-17(27)20-3/h4-6,8-9,14H,7,10-11H2,1-3H3,(H,22,28)(H2,20,21,25,27)/t14-/m1/s1. The molecule has 1 atom stereocenters. The minimum absolute atomic E-state index is 0.0453. The minimum atomic E-state index is -1.31. The Morgan fingerprint density at radius 1 is 1.17 bits per heavy atom. The van der Waals surface area contributed by atoms with Gasteiger partial charge in [-0.2, -0.15) is 0 Å². The van der Waals surface area contributed by atoms with Gasteiger partial charge in [-0.05, 0) is 20.3 Å². The van der Waals surface area contributed by atoms with E-state index in [0.717, 1.165) is 4.90 Å². The summed E-state index contributed by atoms with van der Waals surface area (Å²) in [5.74, 6) is -1.86. The van der Waals surface area contributed by atoms with E-state index in [-0.39, 0.29) is 25.3 Å².